The molecule has 1 aromatic rings. The van der Waals surface area contributed by atoms with E-state index < -0.39 is 70.6 Å². The minimum absolute atomic E-state index is 0.380. The number of nitrogens with two attached hydrogens (primary N) is 1. The van der Waals surface area contributed by atoms with Gasteiger partial charge in [-0.3, -0.25) is 18.9 Å². The number of aromatic nitrogens is 2. The Bertz CT molecular complexity index is 1270. The number of nitrogens with one attached hydrogen (secondary N) is 1. The van der Waals surface area contributed by atoms with E-state index in [2.05, 4.69) is 19.1 Å². The van der Waals surface area contributed by atoms with E-state index >= 15 is 0 Å². The first kappa shape index (κ1) is 29.0. The highest BCUT2D eigenvalue weighted by molar-refractivity contribution is 7.66. The highest BCUT2D eigenvalue weighted by Crippen LogP contribution is 2.66. The molecule has 7 atom stereocenters. The molecule has 8 N–H and O–H groups in total. The maximum absolute atomic E-state index is 13.7. The zero-order chi connectivity index (χ0) is 26.3. The van der Waals surface area contributed by atoms with Gasteiger partial charge >= 0.3 is 29.2 Å². The fourth-order valence-electron chi connectivity index (χ4n) is 2.84. The van der Waals surface area contributed by atoms with Crippen molar-refractivity contribution in [1.29, 1.82) is 0 Å². The topological polar surface area (TPSA) is 270 Å². The van der Waals surface area contributed by atoms with Gasteiger partial charge in [-0.05, 0) is 18.5 Å². The molecule has 0 aliphatic carbocycles. The predicted octanol–water partition coefficient (Wildman–Crippen LogP) is -1.44. The van der Waals surface area contributed by atoms with Crippen LogP contribution in [0.4, 0.5) is 4.39 Å². The van der Waals surface area contributed by atoms with Crippen LogP contribution in [0.3, 0.4) is 0 Å². The lowest BCUT2D eigenvalue weighted by molar-refractivity contribution is -0.0757. The molecule has 1 fully saturated rings. The first-order valence-electron chi connectivity index (χ1n) is 8.40. The molecular weight excluding hydrogens is 558 g/mol. The summed E-state index contributed by atoms with van der Waals surface area (Å²) < 4.78 is 65.4. The number of ether oxygens (including phenoxy) is 1. The lowest BCUT2D eigenvalue weighted by Gasteiger charge is -2.28. The van der Waals surface area contributed by atoms with Crippen molar-refractivity contribution in [2.45, 2.75) is 37.0 Å². The summed E-state index contributed by atoms with van der Waals surface area (Å²) in [5.74, 6) is 0.672. The molecule has 2 rings (SSSR count). The molecule has 34 heavy (non-hydrogen) atoms. The molecule has 0 saturated carbocycles. The molecule has 17 nitrogen and oxygen atoms in total. The molecule has 0 aromatic carbocycles. The SMILES string of the molecule is C[C@@H](OP(=O)(O)OP(=O)(O)OP(=O)(O)O)[C@H]1O[C@@H](n2cc(F)c(=O)[nH]c2=O)C(N)(C#CCl)[C@H]1O. The van der Waals surface area contributed by atoms with Crippen LogP contribution in [0.25, 0.3) is 0 Å². The van der Waals surface area contributed by atoms with Crippen LogP contribution in [0.1, 0.15) is 13.2 Å². The molecule has 1 aliphatic rings. The average molecular weight is 574 g/mol. The van der Waals surface area contributed by atoms with E-state index in [1.165, 1.54) is 0 Å². The monoisotopic (exact) mass is 573 g/mol. The zero-order valence-corrected chi connectivity index (χ0v) is 19.9. The van der Waals surface area contributed by atoms with Crippen LogP contribution in [0, 0.1) is 17.1 Å². The largest absolute Gasteiger partial charge is 0.490 e. The number of halogens is 2. The molecule has 2 heterocycles. The Hall–Kier alpha value is -1.25. The third-order valence-corrected chi connectivity index (χ3v) is 8.13. The van der Waals surface area contributed by atoms with Gasteiger partial charge in [0.1, 0.15) is 12.2 Å². The van der Waals surface area contributed by atoms with Gasteiger partial charge in [-0.25, -0.2) is 18.5 Å². The van der Waals surface area contributed by atoms with E-state index in [0.29, 0.717) is 10.8 Å². The van der Waals surface area contributed by atoms with E-state index in [4.69, 9.17) is 31.9 Å². The van der Waals surface area contributed by atoms with Crippen LogP contribution < -0.4 is 17.0 Å². The number of nitrogens with zero attached hydrogens (tertiary/aromatic N) is 1. The summed E-state index contributed by atoms with van der Waals surface area (Å²) in [6.45, 7) is 0.944. The quantitative estimate of drug-likeness (QED) is 0.139. The van der Waals surface area contributed by atoms with Crippen molar-refractivity contribution in [3.05, 3.63) is 32.9 Å². The predicted molar refractivity (Wildman–Crippen MR) is 106 cm³/mol. The molecule has 22 heteroatoms. The first-order valence-corrected chi connectivity index (χ1v) is 13.3. The van der Waals surface area contributed by atoms with Gasteiger partial charge in [0.2, 0.25) is 5.82 Å². The summed E-state index contributed by atoms with van der Waals surface area (Å²) in [4.78, 5) is 61.0. The molecule has 192 valence electrons. The van der Waals surface area contributed by atoms with Gasteiger partial charge in [-0.2, -0.15) is 13.0 Å². The summed E-state index contributed by atoms with van der Waals surface area (Å²) in [7, 11) is -17.1. The smallest absolute Gasteiger partial charge is 0.387 e. The number of aliphatic hydroxyl groups is 1. The Morgan fingerprint density at radius 2 is 1.85 bits per heavy atom. The van der Waals surface area contributed by atoms with Gasteiger partial charge < -0.3 is 35.2 Å². The van der Waals surface area contributed by atoms with Crippen molar-refractivity contribution in [2.75, 3.05) is 0 Å². The molecule has 0 bridgehead atoms. The van der Waals surface area contributed by atoms with Crippen molar-refractivity contribution in [1.82, 2.24) is 9.55 Å². The van der Waals surface area contributed by atoms with Gasteiger partial charge in [0, 0.05) is 5.38 Å². The average Bonchev–Trinajstić information content (AvgIpc) is 2.86. The highest BCUT2D eigenvalue weighted by Gasteiger charge is 2.57. The lowest BCUT2D eigenvalue weighted by atomic mass is 9.90. The standard InChI is InChI=1S/C12H16ClFN3O14P3/c1-5(29-33(24,25)31-34(26,27)30-32(21,22)23)7-8(18)12(15,2-3-13)10(28-7)17-4-6(14)9(19)16-11(17)20/h4-5,7-8,10,18H,15H2,1H3,(H,24,25)(H,26,27)(H,16,19,20)(H2,21,22,23)/t5-,7-,8+,10-,12?/m1/s1. The van der Waals surface area contributed by atoms with Crippen LogP contribution in [-0.4, -0.2) is 58.1 Å². The van der Waals surface area contributed by atoms with E-state index in [0.717, 1.165) is 6.92 Å². The second-order valence-corrected chi connectivity index (χ2v) is 11.2. The molecule has 1 saturated heterocycles. The normalized spacial score (nSPS) is 29.5. The van der Waals surface area contributed by atoms with Crippen LogP contribution in [0.5, 0.6) is 0 Å². The number of hydrogen-bond donors (Lipinski definition) is 7. The summed E-state index contributed by atoms with van der Waals surface area (Å²) in [5, 5.41) is 12.5. The number of phosphoric acid groups is 3. The minimum Gasteiger partial charge on any atom is -0.387 e. The van der Waals surface area contributed by atoms with Gasteiger partial charge in [0.05, 0.1) is 12.3 Å². The number of aliphatic hydroxyl groups excluding tert-OH is 1. The van der Waals surface area contributed by atoms with Gasteiger partial charge in [-0.15, -0.1) is 0 Å². The Labute approximate surface area is 192 Å². The fraction of sp³-hybridized carbons (Fsp3) is 0.500. The Balaban J connectivity index is 2.36. The molecular formula is C12H16ClFN3O14P3. The van der Waals surface area contributed by atoms with Crippen molar-refractivity contribution < 1.29 is 60.6 Å². The summed E-state index contributed by atoms with van der Waals surface area (Å²) in [6.07, 6.45) is -7.09. The zero-order valence-electron chi connectivity index (χ0n) is 16.4. The van der Waals surface area contributed by atoms with Crippen LogP contribution in [0.2, 0.25) is 0 Å². The Morgan fingerprint density at radius 3 is 2.38 bits per heavy atom. The maximum Gasteiger partial charge on any atom is 0.490 e. The molecule has 3 unspecified atom stereocenters. The maximum atomic E-state index is 13.7. The lowest BCUT2D eigenvalue weighted by Crippen LogP contribution is -2.55. The van der Waals surface area contributed by atoms with Gasteiger partial charge in [-0.1, -0.05) is 5.92 Å². The Kier molecular flexibility index (Phi) is 8.54. The van der Waals surface area contributed by atoms with Gasteiger partial charge in [0.15, 0.2) is 11.8 Å². The fourth-order valence-corrected chi connectivity index (χ4v) is 6.20. The number of hydrogen-bond acceptors (Lipinski definition) is 11. The van der Waals surface area contributed by atoms with E-state index in [-0.39, 0.29) is 0 Å². The second kappa shape index (κ2) is 10.0. The van der Waals surface area contributed by atoms with E-state index in [9.17, 15) is 42.6 Å². The summed E-state index contributed by atoms with van der Waals surface area (Å²) >= 11 is 5.35. The molecule has 0 spiro atoms. The number of rotatable bonds is 8. The second-order valence-electron chi connectivity index (χ2n) is 6.60. The highest BCUT2D eigenvalue weighted by atomic mass is 35.5. The van der Waals surface area contributed by atoms with Crippen LogP contribution in [0.15, 0.2) is 15.8 Å². The number of H-pyrrole nitrogens is 1. The molecule has 1 aliphatic heterocycles. The van der Waals surface area contributed by atoms with Gasteiger partial charge in [0.25, 0.3) is 5.56 Å². The molecule has 1 aromatic heterocycles. The third kappa shape index (κ3) is 6.70. The van der Waals surface area contributed by atoms with Crippen LogP contribution >= 0.6 is 35.1 Å². The summed E-state index contributed by atoms with van der Waals surface area (Å²) in [5.41, 5.74) is 1.04. The van der Waals surface area contributed by atoms with E-state index in [1.54, 1.807) is 4.98 Å². The van der Waals surface area contributed by atoms with E-state index in [1.807, 2.05) is 5.38 Å². The van der Waals surface area contributed by atoms with Crippen molar-refractivity contribution in [2.24, 2.45) is 5.73 Å². The summed E-state index contributed by atoms with van der Waals surface area (Å²) in [6, 6.07) is 0. The van der Waals surface area contributed by atoms with Crippen molar-refractivity contribution in [3.8, 4) is 11.3 Å². The molecule has 0 radical (unpaired) electrons. The number of phosphoric ester groups is 1. The Morgan fingerprint density at radius 1 is 1.26 bits per heavy atom. The third-order valence-electron chi connectivity index (χ3n) is 4.11. The first-order chi connectivity index (χ1) is 15.3. The molecule has 0 amide bonds. The van der Waals surface area contributed by atoms with Crippen molar-refractivity contribution >= 4 is 35.1 Å². The number of aromatic amines is 1. The minimum atomic E-state index is -5.84. The van der Waals surface area contributed by atoms with Crippen LogP contribution in [-0.2, 0) is 31.6 Å². The van der Waals surface area contributed by atoms with Crippen molar-refractivity contribution in [3.63, 3.8) is 0 Å².